The number of benzene rings is 1. The van der Waals surface area contributed by atoms with Crippen molar-refractivity contribution in [2.45, 2.75) is 13.5 Å². The second-order valence-corrected chi connectivity index (χ2v) is 4.64. The summed E-state index contributed by atoms with van der Waals surface area (Å²) in [7, 11) is 0. The van der Waals surface area contributed by atoms with E-state index in [0.29, 0.717) is 28.5 Å². The minimum atomic E-state index is -0.183. The number of aliphatic hydroxyl groups is 1. The van der Waals surface area contributed by atoms with E-state index in [-0.39, 0.29) is 6.61 Å². The predicted octanol–water partition coefficient (Wildman–Crippen LogP) is 2.80. The number of aromatic nitrogens is 2. The van der Waals surface area contributed by atoms with Crippen molar-refractivity contribution in [3.05, 3.63) is 59.4 Å². The van der Waals surface area contributed by atoms with E-state index < -0.39 is 0 Å². The minimum absolute atomic E-state index is 0.183. The molecule has 5 nitrogen and oxygen atoms in total. The first-order chi connectivity index (χ1) is 10.2. The van der Waals surface area contributed by atoms with Crippen LogP contribution in [-0.4, -0.2) is 14.5 Å². The van der Waals surface area contributed by atoms with Crippen LogP contribution in [0.3, 0.4) is 0 Å². The molecule has 1 aromatic carbocycles. The Morgan fingerprint density at radius 2 is 2.19 bits per heavy atom. The fourth-order valence-corrected chi connectivity index (χ4v) is 2.13. The third-order valence-corrected chi connectivity index (χ3v) is 3.27. The van der Waals surface area contributed by atoms with Crippen molar-refractivity contribution >= 4 is 5.65 Å². The molecule has 1 N–H and O–H groups in total. The Labute approximate surface area is 121 Å². The van der Waals surface area contributed by atoms with Crippen molar-refractivity contribution in [1.82, 2.24) is 9.38 Å². The van der Waals surface area contributed by atoms with Gasteiger partial charge in [0.2, 0.25) is 5.88 Å². The van der Waals surface area contributed by atoms with Crippen LogP contribution >= 0.6 is 0 Å². The molecule has 0 unspecified atom stereocenters. The highest BCUT2D eigenvalue weighted by atomic mass is 16.5. The van der Waals surface area contributed by atoms with E-state index in [9.17, 15) is 5.11 Å². The lowest BCUT2D eigenvalue weighted by atomic mass is 10.1. The maximum atomic E-state index is 9.56. The molecule has 3 rings (SSSR count). The largest absolute Gasteiger partial charge is 0.437 e. The highest BCUT2D eigenvalue weighted by Crippen LogP contribution is 2.28. The molecule has 0 saturated carbocycles. The molecule has 2 heterocycles. The van der Waals surface area contributed by atoms with Crippen LogP contribution in [0.15, 0.2) is 42.6 Å². The number of imidazole rings is 1. The quantitative estimate of drug-likeness (QED) is 0.800. The summed E-state index contributed by atoms with van der Waals surface area (Å²) in [6.45, 7) is 1.71. The predicted molar refractivity (Wildman–Crippen MR) is 77.1 cm³/mol. The summed E-state index contributed by atoms with van der Waals surface area (Å²) in [6, 6.07) is 12.9. The first-order valence-electron chi connectivity index (χ1n) is 6.48. The summed E-state index contributed by atoms with van der Waals surface area (Å²) in [5, 5.41) is 18.5. The molecule has 0 fully saturated rings. The van der Waals surface area contributed by atoms with Gasteiger partial charge in [0, 0.05) is 6.20 Å². The third kappa shape index (κ3) is 2.33. The maximum absolute atomic E-state index is 9.56. The Hall–Kier alpha value is -2.84. The van der Waals surface area contributed by atoms with Gasteiger partial charge in [-0.2, -0.15) is 10.2 Å². The van der Waals surface area contributed by atoms with E-state index >= 15 is 0 Å². The van der Waals surface area contributed by atoms with E-state index in [2.05, 4.69) is 11.1 Å². The molecule has 0 aliphatic heterocycles. The van der Waals surface area contributed by atoms with Crippen molar-refractivity contribution in [2.75, 3.05) is 0 Å². The van der Waals surface area contributed by atoms with Gasteiger partial charge in [0.05, 0.1) is 18.2 Å². The number of hydrogen-bond acceptors (Lipinski definition) is 4. The minimum Gasteiger partial charge on any atom is -0.437 e. The number of aliphatic hydroxyl groups excluding tert-OH is 1. The van der Waals surface area contributed by atoms with Gasteiger partial charge in [0.25, 0.3) is 0 Å². The average molecular weight is 279 g/mol. The summed E-state index contributed by atoms with van der Waals surface area (Å²) in [5.41, 5.74) is 2.69. The van der Waals surface area contributed by atoms with Crippen molar-refractivity contribution in [3.63, 3.8) is 0 Å². The normalized spacial score (nSPS) is 10.5. The molecule has 0 spiro atoms. The van der Waals surface area contributed by atoms with Crippen LogP contribution in [0, 0.1) is 18.3 Å². The Morgan fingerprint density at radius 3 is 2.95 bits per heavy atom. The van der Waals surface area contributed by atoms with Crippen molar-refractivity contribution in [3.8, 4) is 17.7 Å². The third-order valence-electron chi connectivity index (χ3n) is 3.27. The molecule has 2 aromatic heterocycles. The van der Waals surface area contributed by atoms with E-state index in [1.54, 1.807) is 16.5 Å². The molecule has 0 amide bonds. The van der Waals surface area contributed by atoms with E-state index in [0.717, 1.165) is 5.56 Å². The standard InChI is InChI=1S/C16H13N3O2/c1-11-5-6-12(9-17)8-14(11)21-16-13(10-20)19-7-3-2-4-15(19)18-16/h2-8,20H,10H2,1H3. The van der Waals surface area contributed by atoms with Gasteiger partial charge >= 0.3 is 0 Å². The molecule has 0 aliphatic rings. The number of pyridine rings is 1. The fourth-order valence-electron chi connectivity index (χ4n) is 2.13. The van der Waals surface area contributed by atoms with Crippen molar-refractivity contribution in [2.24, 2.45) is 0 Å². The summed E-state index contributed by atoms with van der Waals surface area (Å²) in [4.78, 5) is 4.37. The van der Waals surface area contributed by atoms with Crippen LogP contribution in [-0.2, 0) is 6.61 Å². The van der Waals surface area contributed by atoms with Gasteiger partial charge in [-0.25, -0.2) is 0 Å². The molecule has 0 bridgehead atoms. The number of nitrogens with zero attached hydrogens (tertiary/aromatic N) is 3. The second kappa shape index (κ2) is 5.27. The fraction of sp³-hybridized carbons (Fsp3) is 0.125. The maximum Gasteiger partial charge on any atom is 0.243 e. The topological polar surface area (TPSA) is 70.5 Å². The van der Waals surface area contributed by atoms with Gasteiger partial charge in [-0.3, -0.25) is 4.40 Å². The molecule has 21 heavy (non-hydrogen) atoms. The molecule has 104 valence electrons. The SMILES string of the molecule is Cc1ccc(C#N)cc1Oc1nc2ccccn2c1CO. The van der Waals surface area contributed by atoms with Crippen molar-refractivity contribution in [1.29, 1.82) is 5.26 Å². The monoisotopic (exact) mass is 279 g/mol. The summed E-state index contributed by atoms with van der Waals surface area (Å²) < 4.78 is 7.59. The number of nitriles is 1. The lowest BCUT2D eigenvalue weighted by Crippen LogP contribution is -1.95. The first-order valence-corrected chi connectivity index (χ1v) is 6.48. The van der Waals surface area contributed by atoms with Crippen LogP contribution in [0.5, 0.6) is 11.6 Å². The van der Waals surface area contributed by atoms with Gasteiger partial charge in [0.1, 0.15) is 17.1 Å². The van der Waals surface area contributed by atoms with Crippen LogP contribution in [0.1, 0.15) is 16.8 Å². The van der Waals surface area contributed by atoms with Crippen LogP contribution in [0.2, 0.25) is 0 Å². The lowest BCUT2D eigenvalue weighted by Gasteiger charge is -2.07. The Bertz CT molecular complexity index is 846. The Morgan fingerprint density at radius 1 is 1.33 bits per heavy atom. The number of fused-ring (bicyclic) bond motifs is 1. The molecule has 3 aromatic rings. The van der Waals surface area contributed by atoms with Gasteiger partial charge in [-0.05, 0) is 36.8 Å². The number of ether oxygens (including phenoxy) is 1. The molecular weight excluding hydrogens is 266 g/mol. The van der Waals surface area contributed by atoms with Crippen LogP contribution < -0.4 is 4.74 Å². The van der Waals surface area contributed by atoms with Crippen molar-refractivity contribution < 1.29 is 9.84 Å². The molecule has 0 aliphatic carbocycles. The Kier molecular flexibility index (Phi) is 3.30. The second-order valence-electron chi connectivity index (χ2n) is 4.64. The van der Waals surface area contributed by atoms with Crippen LogP contribution in [0.4, 0.5) is 0 Å². The van der Waals surface area contributed by atoms with Crippen LogP contribution in [0.25, 0.3) is 5.65 Å². The average Bonchev–Trinajstić information content (AvgIpc) is 2.86. The molecule has 0 saturated heterocycles. The van der Waals surface area contributed by atoms with Gasteiger partial charge in [0.15, 0.2) is 0 Å². The smallest absolute Gasteiger partial charge is 0.243 e. The Balaban J connectivity index is 2.08. The zero-order valence-corrected chi connectivity index (χ0v) is 11.4. The van der Waals surface area contributed by atoms with E-state index in [1.807, 2.05) is 37.4 Å². The summed E-state index contributed by atoms with van der Waals surface area (Å²) in [6.07, 6.45) is 1.82. The van der Waals surface area contributed by atoms with Gasteiger partial charge < -0.3 is 9.84 Å². The molecular formula is C16H13N3O2. The lowest BCUT2D eigenvalue weighted by molar-refractivity contribution is 0.269. The summed E-state index contributed by atoms with van der Waals surface area (Å²) in [5.74, 6) is 0.911. The first kappa shape index (κ1) is 13.2. The van der Waals surface area contributed by atoms with E-state index in [4.69, 9.17) is 10.00 Å². The van der Waals surface area contributed by atoms with E-state index in [1.165, 1.54) is 0 Å². The zero-order chi connectivity index (χ0) is 14.8. The number of rotatable bonds is 3. The molecule has 5 heteroatoms. The van der Waals surface area contributed by atoms with Gasteiger partial charge in [-0.1, -0.05) is 12.1 Å². The number of aryl methyl sites for hydroxylation is 1. The summed E-state index contributed by atoms with van der Waals surface area (Å²) >= 11 is 0. The molecule has 0 atom stereocenters. The highest BCUT2D eigenvalue weighted by Gasteiger charge is 2.14. The highest BCUT2D eigenvalue weighted by molar-refractivity contribution is 5.48. The number of hydrogen-bond donors (Lipinski definition) is 1. The zero-order valence-electron chi connectivity index (χ0n) is 11.4. The van der Waals surface area contributed by atoms with Gasteiger partial charge in [-0.15, -0.1) is 0 Å². The molecule has 0 radical (unpaired) electrons.